The van der Waals surface area contributed by atoms with Gasteiger partial charge in [0.25, 0.3) is 0 Å². The second-order valence-electron chi connectivity index (χ2n) is 0.449. The van der Waals surface area contributed by atoms with E-state index in [1.54, 1.807) is 0 Å². The van der Waals surface area contributed by atoms with E-state index in [1.165, 1.54) is 0 Å². The lowest BCUT2D eigenvalue weighted by molar-refractivity contribution is 1.71. The van der Waals surface area contributed by atoms with Gasteiger partial charge in [-0.05, 0) is 6.92 Å². The Hall–Kier alpha value is 0.960. The van der Waals surface area contributed by atoms with Crippen molar-refractivity contribution in [2.24, 2.45) is 0 Å². The summed E-state index contributed by atoms with van der Waals surface area (Å²) < 4.78 is 1.04. The Kier molecular flexibility index (Phi) is 2.74. The zero-order valence-corrected chi connectivity index (χ0v) is 5.43. The minimum atomic E-state index is 1.04. The summed E-state index contributed by atoms with van der Waals surface area (Å²) in [6.07, 6.45) is 0. The summed E-state index contributed by atoms with van der Waals surface area (Å²) in [5.74, 6) is 0. The lowest BCUT2D eigenvalue weighted by Crippen LogP contribution is -1.43. The maximum Gasteiger partial charge on any atom is 0.102 e. The Labute approximate surface area is 42.8 Å². The lowest BCUT2D eigenvalue weighted by atomic mass is 11.0. The van der Waals surface area contributed by atoms with Crippen molar-refractivity contribution in [3.63, 3.8) is 0 Å². The van der Waals surface area contributed by atoms with Gasteiger partial charge in [0.1, 0.15) is 3.74 Å². The molecule has 2 heteroatoms. The van der Waals surface area contributed by atoms with Crippen molar-refractivity contribution in [1.29, 1.82) is 0 Å². The molecule has 0 spiro atoms. The summed E-state index contributed by atoms with van der Waals surface area (Å²) in [6.45, 7) is 1.92. The normalized spacial score (nSPS) is 9.00. The van der Waals surface area contributed by atoms with Gasteiger partial charge in [-0.2, -0.15) is 0 Å². The molecule has 0 aliphatic rings. The van der Waals surface area contributed by atoms with E-state index in [9.17, 15) is 0 Å². The van der Waals surface area contributed by atoms with Gasteiger partial charge >= 0.3 is 0 Å². The van der Waals surface area contributed by atoms with Crippen molar-refractivity contribution >= 4 is 31.9 Å². The SMILES string of the molecule is C[C](Br)Br. The summed E-state index contributed by atoms with van der Waals surface area (Å²) >= 11 is 6.21. The Morgan fingerprint density at radius 2 is 1.50 bits per heavy atom. The van der Waals surface area contributed by atoms with E-state index in [4.69, 9.17) is 0 Å². The molecule has 0 aromatic heterocycles. The van der Waals surface area contributed by atoms with E-state index in [0.29, 0.717) is 0 Å². The van der Waals surface area contributed by atoms with E-state index in [-0.39, 0.29) is 0 Å². The molecule has 0 unspecified atom stereocenters. The molecule has 0 N–H and O–H groups in total. The van der Waals surface area contributed by atoms with E-state index in [0.717, 1.165) is 3.74 Å². The second-order valence-corrected chi connectivity index (χ2v) is 3.89. The molecule has 4 heavy (non-hydrogen) atoms. The minimum Gasteiger partial charge on any atom is -0.0705 e. The molecule has 0 heterocycles. The van der Waals surface area contributed by atoms with Crippen LogP contribution in [0.5, 0.6) is 0 Å². The Balaban J connectivity index is 2.32. The predicted octanol–water partition coefficient (Wildman–Crippen LogP) is 2.29. The van der Waals surface area contributed by atoms with E-state index >= 15 is 0 Å². The summed E-state index contributed by atoms with van der Waals surface area (Å²) in [7, 11) is 0. The van der Waals surface area contributed by atoms with Gasteiger partial charge in [-0.3, -0.25) is 0 Å². The largest absolute Gasteiger partial charge is 0.102 e. The first kappa shape index (κ1) is 4.96. The second kappa shape index (κ2) is 2.21. The van der Waals surface area contributed by atoms with Crippen LogP contribution in [0.4, 0.5) is 0 Å². The summed E-state index contributed by atoms with van der Waals surface area (Å²) in [4.78, 5) is 0. The van der Waals surface area contributed by atoms with Gasteiger partial charge in [0.15, 0.2) is 0 Å². The highest BCUT2D eigenvalue weighted by Crippen LogP contribution is 2.14. The third kappa shape index (κ3) is 12.3. The van der Waals surface area contributed by atoms with Crippen molar-refractivity contribution in [3.05, 3.63) is 3.74 Å². The molecule has 0 fully saturated rings. The highest BCUT2D eigenvalue weighted by Gasteiger charge is 1.76. The molecule has 0 saturated carbocycles. The monoisotopic (exact) mass is 185 g/mol. The van der Waals surface area contributed by atoms with Crippen LogP contribution in [-0.4, -0.2) is 0 Å². The average molecular weight is 187 g/mol. The van der Waals surface area contributed by atoms with Crippen LogP contribution < -0.4 is 0 Å². The van der Waals surface area contributed by atoms with Gasteiger partial charge in [0.05, 0.1) is 0 Å². The summed E-state index contributed by atoms with van der Waals surface area (Å²) in [5.41, 5.74) is 0. The predicted molar refractivity (Wildman–Crippen MR) is 26.8 cm³/mol. The Morgan fingerprint density at radius 3 is 1.50 bits per heavy atom. The van der Waals surface area contributed by atoms with Crippen LogP contribution in [0.1, 0.15) is 6.92 Å². The molecule has 0 nitrogen and oxygen atoms in total. The molecule has 0 aliphatic carbocycles. The highest BCUT2D eigenvalue weighted by atomic mass is 79.9. The van der Waals surface area contributed by atoms with Crippen LogP contribution >= 0.6 is 31.9 Å². The highest BCUT2D eigenvalue weighted by molar-refractivity contribution is 9.27. The Bertz CT molecular complexity index is 8.75. The smallest absolute Gasteiger partial charge is 0.0705 e. The maximum atomic E-state index is 3.10. The van der Waals surface area contributed by atoms with Gasteiger partial charge < -0.3 is 0 Å². The molecule has 0 amide bonds. The third-order valence-corrected chi connectivity index (χ3v) is 0. The van der Waals surface area contributed by atoms with Crippen molar-refractivity contribution in [2.45, 2.75) is 6.92 Å². The fourth-order valence-corrected chi connectivity index (χ4v) is 0. The number of hydrogen-bond donors (Lipinski definition) is 0. The summed E-state index contributed by atoms with van der Waals surface area (Å²) in [5, 5.41) is 0. The van der Waals surface area contributed by atoms with Gasteiger partial charge in [-0.25, -0.2) is 0 Å². The van der Waals surface area contributed by atoms with Crippen molar-refractivity contribution in [3.8, 4) is 0 Å². The number of hydrogen-bond acceptors (Lipinski definition) is 0. The lowest BCUT2D eigenvalue weighted by Gasteiger charge is -1.71. The molecule has 0 bridgehead atoms. The Morgan fingerprint density at radius 1 is 1.50 bits per heavy atom. The zero-order chi connectivity index (χ0) is 3.58. The van der Waals surface area contributed by atoms with E-state index in [2.05, 4.69) is 31.9 Å². The van der Waals surface area contributed by atoms with Crippen LogP contribution in [0.15, 0.2) is 0 Å². The average Bonchev–Trinajstić information content (AvgIpc) is 0.811. The van der Waals surface area contributed by atoms with Gasteiger partial charge in [0, 0.05) is 0 Å². The first-order chi connectivity index (χ1) is 1.73. The van der Waals surface area contributed by atoms with Crippen LogP contribution in [0, 0.1) is 3.74 Å². The minimum absolute atomic E-state index is 1.04. The van der Waals surface area contributed by atoms with Gasteiger partial charge in [-0.15, -0.1) is 0 Å². The maximum absolute atomic E-state index is 3.10. The molecule has 1 radical (unpaired) electrons. The first-order valence-electron chi connectivity index (χ1n) is 0.878. The molecule has 25 valence electrons. The molecular weight excluding hydrogens is 184 g/mol. The van der Waals surface area contributed by atoms with Crippen LogP contribution in [0.2, 0.25) is 0 Å². The van der Waals surface area contributed by atoms with Crippen molar-refractivity contribution < 1.29 is 0 Å². The van der Waals surface area contributed by atoms with E-state index in [1.807, 2.05) is 6.92 Å². The van der Waals surface area contributed by atoms with Gasteiger partial charge in [-0.1, -0.05) is 31.9 Å². The topological polar surface area (TPSA) is 0 Å². The van der Waals surface area contributed by atoms with Gasteiger partial charge in [0.2, 0.25) is 0 Å². The molecule has 0 rings (SSSR count). The number of halogens is 2. The van der Waals surface area contributed by atoms with Crippen molar-refractivity contribution in [1.82, 2.24) is 0 Å². The molecule has 0 aliphatic heterocycles. The summed E-state index contributed by atoms with van der Waals surface area (Å²) in [6, 6.07) is 0. The quantitative estimate of drug-likeness (QED) is 0.545. The third-order valence-electron chi connectivity index (χ3n) is 0. The fraction of sp³-hybridized carbons (Fsp3) is 0.500. The molecule has 0 aromatic rings. The molecule has 0 saturated heterocycles. The van der Waals surface area contributed by atoms with E-state index < -0.39 is 0 Å². The standard InChI is InChI=1S/C2H3Br2/c1-2(3)4/h1H3. The zero-order valence-electron chi connectivity index (χ0n) is 2.26. The molecule has 0 aromatic carbocycles. The molecular formula is C2H3Br2. The number of rotatable bonds is 0. The fourth-order valence-electron chi connectivity index (χ4n) is 0. The molecule has 0 atom stereocenters. The first-order valence-corrected chi connectivity index (χ1v) is 2.46. The van der Waals surface area contributed by atoms with Crippen LogP contribution in [0.3, 0.4) is 0 Å². The van der Waals surface area contributed by atoms with Crippen LogP contribution in [-0.2, 0) is 0 Å². The van der Waals surface area contributed by atoms with Crippen LogP contribution in [0.25, 0.3) is 0 Å². The van der Waals surface area contributed by atoms with Crippen molar-refractivity contribution in [2.75, 3.05) is 0 Å².